The van der Waals surface area contributed by atoms with E-state index in [1.165, 1.54) is 24.5 Å². The third-order valence-electron chi connectivity index (χ3n) is 7.07. The number of hydrogen-bond acceptors (Lipinski definition) is 7. The number of rotatable bonds is 10. The fourth-order valence-electron chi connectivity index (χ4n) is 5.33. The summed E-state index contributed by atoms with van der Waals surface area (Å²) in [7, 11) is 0. The molecule has 3 aromatic rings. The summed E-state index contributed by atoms with van der Waals surface area (Å²) in [5.74, 6) is -1.13. The molecule has 1 aliphatic carbocycles. The number of alkyl halides is 3. The lowest BCUT2D eigenvalue weighted by Crippen LogP contribution is -2.59. The Morgan fingerprint density at radius 1 is 1.02 bits per heavy atom. The number of amides is 1. The average Bonchev–Trinajstić information content (AvgIpc) is 3.54. The summed E-state index contributed by atoms with van der Waals surface area (Å²) < 4.78 is 72.7. The number of benzene rings is 2. The molecule has 12 heteroatoms. The third-order valence-corrected chi connectivity index (χ3v) is 7.30. The maximum atomic E-state index is 13.9. The molecule has 0 radical (unpaired) electrons. The van der Waals surface area contributed by atoms with Crippen molar-refractivity contribution in [1.29, 1.82) is 0 Å². The van der Waals surface area contributed by atoms with Crippen LogP contribution in [0.5, 0.6) is 5.75 Å². The molecule has 1 N–H and O–H groups in total. The second kappa shape index (κ2) is 12.3. The highest BCUT2D eigenvalue weighted by molar-refractivity contribution is 6.30. The van der Waals surface area contributed by atoms with Crippen molar-refractivity contribution in [2.45, 2.75) is 82.5 Å². The molecule has 1 amide bonds. The minimum absolute atomic E-state index is 0.0644. The number of carbonyl (C=O) groups is 1. The topological polar surface area (TPSA) is 88.4 Å². The molecule has 2 heterocycles. The number of hydrogen-bond donors (Lipinski definition) is 1. The number of ether oxygens (including phenoxy) is 5. The minimum Gasteiger partial charge on any atom is -0.467 e. The fourth-order valence-corrected chi connectivity index (χ4v) is 5.55. The number of fused-ring (bicyclic) bond motifs is 1. The van der Waals surface area contributed by atoms with Crippen molar-refractivity contribution < 1.29 is 46.1 Å². The molecular formula is C30H31ClF3NO7. The van der Waals surface area contributed by atoms with Crippen LogP contribution in [0.15, 0.2) is 71.3 Å². The largest absolute Gasteiger partial charge is 0.573 e. The van der Waals surface area contributed by atoms with Crippen LogP contribution in [0.1, 0.15) is 43.6 Å². The fraction of sp³-hybridized carbons (Fsp3) is 0.433. The summed E-state index contributed by atoms with van der Waals surface area (Å²) in [5.41, 5.74) is -0.179. The molecule has 8 nitrogen and oxygen atoms in total. The van der Waals surface area contributed by atoms with Gasteiger partial charge in [0.2, 0.25) is 0 Å². The van der Waals surface area contributed by atoms with Crippen LogP contribution >= 0.6 is 11.6 Å². The van der Waals surface area contributed by atoms with Crippen molar-refractivity contribution in [3.8, 4) is 5.75 Å². The smallest absolute Gasteiger partial charge is 0.467 e. The van der Waals surface area contributed by atoms with Gasteiger partial charge in [-0.2, -0.15) is 0 Å². The second-order valence-corrected chi connectivity index (χ2v) is 11.2. The van der Waals surface area contributed by atoms with Gasteiger partial charge in [-0.15, -0.1) is 13.2 Å². The van der Waals surface area contributed by atoms with Gasteiger partial charge >= 0.3 is 6.36 Å². The lowest BCUT2D eigenvalue weighted by atomic mass is 9.78. The molecule has 42 heavy (non-hydrogen) atoms. The van der Waals surface area contributed by atoms with Gasteiger partial charge in [-0.3, -0.25) is 4.79 Å². The molecule has 4 atom stereocenters. The van der Waals surface area contributed by atoms with Gasteiger partial charge in [0.1, 0.15) is 17.6 Å². The van der Waals surface area contributed by atoms with E-state index in [0.717, 1.165) is 5.56 Å². The van der Waals surface area contributed by atoms with Crippen LogP contribution < -0.4 is 10.1 Å². The van der Waals surface area contributed by atoms with E-state index in [4.69, 9.17) is 35.0 Å². The Labute approximate surface area is 246 Å². The lowest BCUT2D eigenvalue weighted by molar-refractivity contribution is -0.274. The summed E-state index contributed by atoms with van der Waals surface area (Å²) >= 11 is 6.17. The molecule has 2 aliphatic rings. The number of nitrogens with one attached hydrogen (secondary N) is 1. The molecule has 1 aliphatic heterocycles. The van der Waals surface area contributed by atoms with E-state index in [2.05, 4.69) is 10.1 Å². The molecule has 226 valence electrons. The molecule has 0 bridgehead atoms. The molecule has 2 aromatic carbocycles. The quantitative estimate of drug-likeness (QED) is 0.288. The van der Waals surface area contributed by atoms with Crippen LogP contribution in [0.4, 0.5) is 13.2 Å². The first-order chi connectivity index (χ1) is 19.9. The highest BCUT2D eigenvalue weighted by Gasteiger charge is 2.58. The van der Waals surface area contributed by atoms with Crippen molar-refractivity contribution >= 4 is 17.5 Å². The van der Waals surface area contributed by atoms with Gasteiger partial charge in [0.05, 0.1) is 38.2 Å². The monoisotopic (exact) mass is 609 g/mol. The van der Waals surface area contributed by atoms with E-state index in [0.29, 0.717) is 16.3 Å². The Kier molecular flexibility index (Phi) is 8.86. The Balaban J connectivity index is 1.39. The van der Waals surface area contributed by atoms with Crippen molar-refractivity contribution in [2.24, 2.45) is 0 Å². The normalized spacial score (nSPS) is 25.1. The van der Waals surface area contributed by atoms with Crippen LogP contribution in [0, 0.1) is 0 Å². The van der Waals surface area contributed by atoms with Gasteiger partial charge in [0.25, 0.3) is 5.91 Å². The van der Waals surface area contributed by atoms with E-state index in [1.807, 2.05) is 6.07 Å². The molecule has 2 fully saturated rings. The van der Waals surface area contributed by atoms with Crippen molar-refractivity contribution in [3.05, 3.63) is 88.8 Å². The van der Waals surface area contributed by atoms with Crippen LogP contribution in [0.25, 0.3) is 0 Å². The SMILES string of the molecule is CC1(C)O[C@@H]2C[C@@](OCc3cccc(Cl)c3)(C(=O)NCc3ccco3)CC(OCc3cccc(OC(F)(F)F)c3)[C@@H]2O1. The number of furan rings is 1. The molecule has 5 rings (SSSR count). The first kappa shape index (κ1) is 30.4. The number of halogens is 4. The van der Waals surface area contributed by atoms with Crippen LogP contribution in [-0.4, -0.2) is 42.0 Å². The first-order valence-electron chi connectivity index (χ1n) is 13.4. The van der Waals surface area contributed by atoms with Crippen LogP contribution in [-0.2, 0) is 43.5 Å². The third kappa shape index (κ3) is 7.64. The minimum atomic E-state index is -4.82. The molecule has 1 aromatic heterocycles. The summed E-state index contributed by atoms with van der Waals surface area (Å²) in [4.78, 5) is 13.9. The van der Waals surface area contributed by atoms with E-state index < -0.39 is 36.1 Å². The first-order valence-corrected chi connectivity index (χ1v) is 13.8. The van der Waals surface area contributed by atoms with Gasteiger partial charge < -0.3 is 33.4 Å². The Hall–Kier alpha value is -3.09. The summed E-state index contributed by atoms with van der Waals surface area (Å²) in [5, 5.41) is 3.44. The maximum Gasteiger partial charge on any atom is 0.573 e. The predicted octanol–water partition coefficient (Wildman–Crippen LogP) is 6.30. The molecule has 1 saturated carbocycles. The molecule has 1 saturated heterocycles. The van der Waals surface area contributed by atoms with E-state index in [1.54, 1.807) is 50.2 Å². The highest BCUT2D eigenvalue weighted by atomic mass is 35.5. The zero-order valence-corrected chi connectivity index (χ0v) is 23.7. The number of carbonyl (C=O) groups excluding carboxylic acids is 1. The highest BCUT2D eigenvalue weighted by Crippen LogP contribution is 2.44. The van der Waals surface area contributed by atoms with Crippen molar-refractivity contribution in [3.63, 3.8) is 0 Å². The van der Waals surface area contributed by atoms with Crippen molar-refractivity contribution in [1.82, 2.24) is 5.32 Å². The van der Waals surface area contributed by atoms with Gasteiger partial charge in [-0.1, -0.05) is 35.9 Å². The van der Waals surface area contributed by atoms with E-state index in [-0.39, 0.29) is 44.3 Å². The molecule has 0 spiro atoms. The summed E-state index contributed by atoms with van der Waals surface area (Å²) in [6.07, 6.45) is -4.84. The van der Waals surface area contributed by atoms with Crippen LogP contribution in [0.3, 0.4) is 0 Å². The lowest BCUT2D eigenvalue weighted by Gasteiger charge is -2.43. The zero-order valence-electron chi connectivity index (χ0n) is 23.0. The second-order valence-electron chi connectivity index (χ2n) is 10.8. The maximum absolute atomic E-state index is 13.9. The van der Waals surface area contributed by atoms with E-state index in [9.17, 15) is 18.0 Å². The van der Waals surface area contributed by atoms with E-state index >= 15 is 0 Å². The average molecular weight is 610 g/mol. The van der Waals surface area contributed by atoms with Crippen molar-refractivity contribution in [2.75, 3.05) is 0 Å². The predicted molar refractivity (Wildman–Crippen MR) is 144 cm³/mol. The zero-order chi connectivity index (χ0) is 30.0. The Morgan fingerprint density at radius 3 is 2.50 bits per heavy atom. The molecule has 1 unspecified atom stereocenters. The Bertz CT molecular complexity index is 1370. The molecular weight excluding hydrogens is 579 g/mol. The van der Waals surface area contributed by atoms with Crippen LogP contribution in [0.2, 0.25) is 5.02 Å². The summed E-state index contributed by atoms with van der Waals surface area (Å²) in [6.45, 7) is 3.70. The van der Waals surface area contributed by atoms with Gasteiger partial charge in [-0.05, 0) is 61.4 Å². The van der Waals surface area contributed by atoms with Gasteiger partial charge in [0.15, 0.2) is 11.4 Å². The van der Waals surface area contributed by atoms with Gasteiger partial charge in [0, 0.05) is 17.9 Å². The van der Waals surface area contributed by atoms with Gasteiger partial charge in [-0.25, -0.2) is 0 Å². The Morgan fingerprint density at radius 2 is 1.79 bits per heavy atom. The summed E-state index contributed by atoms with van der Waals surface area (Å²) in [6, 6.07) is 16.1. The standard InChI is InChI=1S/C30H31ClF3NO7/c1-28(2)41-25-15-29(27(36)35-16-23-10-5-11-37-23,39-18-19-6-3-8-21(31)12-19)14-24(26(25)42-28)38-17-20-7-4-9-22(13-20)40-30(32,33)34/h3-13,24-26H,14-18H2,1-2H3,(H,35,36)/t24?,25-,26+,29-/m1/s1.